The number of benzene rings is 1. The Morgan fingerprint density at radius 1 is 1.27 bits per heavy atom. The Balaban J connectivity index is 2.02. The van der Waals surface area contributed by atoms with Crippen LogP contribution in [0.3, 0.4) is 0 Å². The number of morpholine rings is 1. The summed E-state index contributed by atoms with van der Waals surface area (Å²) in [4.78, 5) is 13.7. The third-order valence-electron chi connectivity index (χ3n) is 3.70. The van der Waals surface area contributed by atoms with Gasteiger partial charge in [0.05, 0.1) is 18.4 Å². The molecule has 1 aliphatic heterocycles. The van der Waals surface area contributed by atoms with Crippen LogP contribution in [-0.4, -0.2) is 45.9 Å². The van der Waals surface area contributed by atoms with Gasteiger partial charge in [0.25, 0.3) is 5.91 Å². The second kappa shape index (κ2) is 7.21. The molecule has 1 N–H and O–H groups in total. The predicted molar refractivity (Wildman–Crippen MR) is 85.4 cm³/mol. The number of sulfonamides is 1. The highest BCUT2D eigenvalue weighted by Gasteiger charge is 2.28. The van der Waals surface area contributed by atoms with Crippen molar-refractivity contribution in [2.24, 2.45) is 0 Å². The van der Waals surface area contributed by atoms with E-state index in [0.717, 1.165) is 12.1 Å². The quantitative estimate of drug-likeness (QED) is 0.843. The molecule has 7 heteroatoms. The molecule has 0 saturated carbocycles. The minimum atomic E-state index is -3.26. The number of aryl methyl sites for hydroxylation is 1. The van der Waals surface area contributed by atoms with Crippen molar-refractivity contribution in [3.63, 3.8) is 0 Å². The lowest BCUT2D eigenvalue weighted by Gasteiger charge is -2.32. The van der Waals surface area contributed by atoms with Crippen LogP contribution in [0.5, 0.6) is 0 Å². The van der Waals surface area contributed by atoms with Crippen molar-refractivity contribution in [1.82, 2.24) is 4.72 Å². The fraction of sp³-hybridized carbons (Fsp3) is 0.533. The zero-order chi connectivity index (χ0) is 16.2. The van der Waals surface area contributed by atoms with E-state index >= 15 is 0 Å². The first-order valence-electron chi connectivity index (χ1n) is 7.43. The molecule has 0 bridgehead atoms. The van der Waals surface area contributed by atoms with Crippen molar-refractivity contribution >= 4 is 21.6 Å². The Morgan fingerprint density at radius 2 is 1.95 bits per heavy atom. The minimum Gasteiger partial charge on any atom is -0.365 e. The zero-order valence-corrected chi connectivity index (χ0v) is 13.7. The summed E-state index contributed by atoms with van der Waals surface area (Å²) >= 11 is 0. The lowest BCUT2D eigenvalue weighted by atomic mass is 10.1. The smallest absolute Gasteiger partial charge is 0.253 e. The van der Waals surface area contributed by atoms with E-state index in [4.69, 9.17) is 4.74 Å². The lowest BCUT2D eigenvalue weighted by molar-refractivity contribution is -0.129. The minimum absolute atomic E-state index is 0.0286. The average Bonchev–Trinajstić information content (AvgIpc) is 2.54. The summed E-state index contributed by atoms with van der Waals surface area (Å²) in [5.74, 6) is -0.0836. The summed E-state index contributed by atoms with van der Waals surface area (Å²) < 4.78 is 30.9. The number of nitrogens with zero attached hydrogens (tertiary/aromatic N) is 1. The zero-order valence-electron chi connectivity index (χ0n) is 12.9. The second-order valence-corrected chi connectivity index (χ2v) is 7.30. The van der Waals surface area contributed by atoms with Gasteiger partial charge in [-0.05, 0) is 31.0 Å². The van der Waals surface area contributed by atoms with Crippen molar-refractivity contribution in [2.45, 2.75) is 26.4 Å². The third kappa shape index (κ3) is 4.28. The van der Waals surface area contributed by atoms with Gasteiger partial charge in [-0.2, -0.15) is 0 Å². The maximum atomic E-state index is 12.0. The van der Waals surface area contributed by atoms with Crippen LogP contribution in [0.2, 0.25) is 0 Å². The molecule has 1 heterocycles. The largest absolute Gasteiger partial charge is 0.365 e. The second-order valence-electron chi connectivity index (χ2n) is 5.21. The highest BCUT2D eigenvalue weighted by molar-refractivity contribution is 7.89. The molecule has 1 aliphatic rings. The molecule has 2 rings (SSSR count). The highest BCUT2D eigenvalue weighted by atomic mass is 32.2. The first-order valence-corrected chi connectivity index (χ1v) is 9.08. The van der Waals surface area contributed by atoms with Gasteiger partial charge >= 0.3 is 0 Å². The number of amides is 1. The van der Waals surface area contributed by atoms with Gasteiger partial charge < -0.3 is 9.64 Å². The molecule has 0 aromatic heterocycles. The van der Waals surface area contributed by atoms with E-state index < -0.39 is 10.0 Å². The van der Waals surface area contributed by atoms with Crippen LogP contribution in [0.4, 0.5) is 5.69 Å². The van der Waals surface area contributed by atoms with Gasteiger partial charge in [-0.15, -0.1) is 0 Å². The molecule has 1 aromatic rings. The Labute approximate surface area is 131 Å². The molecule has 122 valence electrons. The molecule has 1 fully saturated rings. The molecule has 0 aliphatic carbocycles. The third-order valence-corrected chi connectivity index (χ3v) is 5.06. The molecule has 1 aromatic carbocycles. The average molecular weight is 326 g/mol. The molecule has 1 amide bonds. The van der Waals surface area contributed by atoms with E-state index in [1.54, 1.807) is 11.8 Å². The van der Waals surface area contributed by atoms with Crippen LogP contribution < -0.4 is 9.62 Å². The van der Waals surface area contributed by atoms with Crippen LogP contribution >= 0.6 is 0 Å². The standard InChI is InChI=1S/C15H22N2O4S/c1-3-12-5-7-13(8-6-12)17-10-14(21-11-15(17)18)9-16-22(19,20)4-2/h5-8,14,16H,3-4,9-11H2,1-2H3. The fourth-order valence-corrected chi connectivity index (χ4v) is 2.88. The maximum absolute atomic E-state index is 12.0. The van der Waals surface area contributed by atoms with E-state index in [0.29, 0.717) is 6.54 Å². The Kier molecular flexibility index (Phi) is 5.55. The number of rotatable bonds is 6. The molecular formula is C15H22N2O4S. The molecule has 6 nitrogen and oxygen atoms in total. The van der Waals surface area contributed by atoms with Gasteiger partial charge in [-0.25, -0.2) is 13.1 Å². The molecule has 0 radical (unpaired) electrons. The number of carbonyl (C=O) groups is 1. The molecular weight excluding hydrogens is 304 g/mol. The Hall–Kier alpha value is -1.44. The predicted octanol–water partition coefficient (Wildman–Crippen LogP) is 0.920. The number of anilines is 1. The number of hydrogen-bond donors (Lipinski definition) is 1. The topological polar surface area (TPSA) is 75.7 Å². The first-order chi connectivity index (χ1) is 10.4. The van der Waals surface area contributed by atoms with Gasteiger partial charge in [-0.3, -0.25) is 4.79 Å². The summed E-state index contributed by atoms with van der Waals surface area (Å²) in [6.07, 6.45) is 0.601. The van der Waals surface area contributed by atoms with E-state index in [1.807, 2.05) is 24.3 Å². The van der Waals surface area contributed by atoms with Gasteiger partial charge in [0.2, 0.25) is 10.0 Å². The van der Waals surface area contributed by atoms with Gasteiger partial charge in [0.1, 0.15) is 6.61 Å². The van der Waals surface area contributed by atoms with Gasteiger partial charge in [-0.1, -0.05) is 19.1 Å². The van der Waals surface area contributed by atoms with E-state index in [9.17, 15) is 13.2 Å². The van der Waals surface area contributed by atoms with Gasteiger partial charge in [0, 0.05) is 12.2 Å². The van der Waals surface area contributed by atoms with Crippen LogP contribution in [0.1, 0.15) is 19.4 Å². The Morgan fingerprint density at radius 3 is 2.55 bits per heavy atom. The summed E-state index contributed by atoms with van der Waals surface area (Å²) in [5.41, 5.74) is 2.02. The van der Waals surface area contributed by atoms with E-state index in [1.165, 1.54) is 5.56 Å². The summed E-state index contributed by atoms with van der Waals surface area (Å²) in [7, 11) is -3.26. The summed E-state index contributed by atoms with van der Waals surface area (Å²) in [5, 5.41) is 0. The van der Waals surface area contributed by atoms with Crippen LogP contribution in [0.15, 0.2) is 24.3 Å². The van der Waals surface area contributed by atoms with Crippen molar-refractivity contribution in [2.75, 3.05) is 30.3 Å². The first kappa shape index (κ1) is 16.9. The van der Waals surface area contributed by atoms with Crippen LogP contribution in [0.25, 0.3) is 0 Å². The summed E-state index contributed by atoms with van der Waals surface area (Å²) in [6.45, 7) is 4.14. The normalized spacial score (nSPS) is 19.5. The number of carbonyl (C=O) groups excluding carboxylic acids is 1. The molecule has 1 atom stereocenters. The number of ether oxygens (including phenoxy) is 1. The monoisotopic (exact) mass is 326 g/mol. The highest BCUT2D eigenvalue weighted by Crippen LogP contribution is 2.19. The van der Waals surface area contributed by atoms with E-state index in [2.05, 4.69) is 11.6 Å². The van der Waals surface area contributed by atoms with Crippen molar-refractivity contribution in [1.29, 1.82) is 0 Å². The van der Waals surface area contributed by atoms with Gasteiger partial charge in [0.15, 0.2) is 0 Å². The molecule has 22 heavy (non-hydrogen) atoms. The summed E-state index contributed by atoms with van der Waals surface area (Å²) in [6, 6.07) is 7.81. The van der Waals surface area contributed by atoms with Crippen LogP contribution in [0, 0.1) is 0 Å². The number of hydrogen-bond acceptors (Lipinski definition) is 4. The fourth-order valence-electron chi connectivity index (χ4n) is 2.23. The van der Waals surface area contributed by atoms with Crippen molar-refractivity contribution < 1.29 is 17.9 Å². The maximum Gasteiger partial charge on any atom is 0.253 e. The molecule has 0 spiro atoms. The van der Waals surface area contributed by atoms with Crippen molar-refractivity contribution in [3.8, 4) is 0 Å². The van der Waals surface area contributed by atoms with Crippen LogP contribution in [-0.2, 0) is 26.0 Å². The lowest BCUT2D eigenvalue weighted by Crippen LogP contribution is -2.50. The molecule has 1 unspecified atom stereocenters. The number of nitrogens with one attached hydrogen (secondary N) is 1. The van der Waals surface area contributed by atoms with E-state index in [-0.39, 0.29) is 30.9 Å². The SMILES string of the molecule is CCc1ccc(N2CC(CNS(=O)(=O)CC)OCC2=O)cc1. The molecule has 1 saturated heterocycles. The van der Waals surface area contributed by atoms with Crippen molar-refractivity contribution in [3.05, 3.63) is 29.8 Å². The Bertz CT molecular complexity index is 613.